The zero-order chi connectivity index (χ0) is 50.7. The zero-order valence-corrected chi connectivity index (χ0v) is 41.2. The Morgan fingerprint density at radius 1 is 0.944 bits per heavy atom. The Bertz CT molecular complexity index is 2910. The third kappa shape index (κ3) is 11.0. The molecule has 20 heteroatoms. The Labute approximate surface area is 417 Å². The van der Waals surface area contributed by atoms with Crippen LogP contribution in [0.3, 0.4) is 0 Å². The van der Waals surface area contributed by atoms with Gasteiger partial charge in [-0.05, 0) is 55.5 Å². The predicted octanol–water partition coefficient (Wildman–Crippen LogP) is 5.14. The van der Waals surface area contributed by atoms with Crippen LogP contribution in [0, 0.1) is 0 Å². The number of anilines is 3. The molecule has 72 heavy (non-hydrogen) atoms. The van der Waals surface area contributed by atoms with Crippen molar-refractivity contribution in [3.8, 4) is 17.0 Å². The van der Waals surface area contributed by atoms with Crippen LogP contribution in [0.25, 0.3) is 22.9 Å². The van der Waals surface area contributed by atoms with Crippen molar-refractivity contribution in [2.75, 3.05) is 75.4 Å². The highest BCUT2D eigenvalue weighted by Gasteiger charge is 2.33. The molecule has 3 aromatic heterocycles. The molecule has 2 aromatic carbocycles. The number of ether oxygens (including phenoxy) is 1. The van der Waals surface area contributed by atoms with Crippen LogP contribution in [0.15, 0.2) is 65.3 Å². The number of hydrogen-bond donors (Lipinski definition) is 4. The van der Waals surface area contributed by atoms with Gasteiger partial charge in [-0.15, -0.1) is 0 Å². The van der Waals surface area contributed by atoms with Crippen LogP contribution in [0.4, 0.5) is 22.1 Å². The molecule has 378 valence electrons. The molecule has 2 bridgehead atoms. The number of aromatic nitrogens is 4. The van der Waals surface area contributed by atoms with Crippen LogP contribution in [0.1, 0.15) is 105 Å². The van der Waals surface area contributed by atoms with Gasteiger partial charge in [-0.2, -0.15) is 0 Å². The number of hydrogen-bond acceptors (Lipinski definition) is 13. The summed E-state index contributed by atoms with van der Waals surface area (Å²) < 4.78 is 13.0. The molecule has 0 radical (unpaired) electrons. The fourth-order valence-corrected chi connectivity index (χ4v) is 9.95. The van der Waals surface area contributed by atoms with Gasteiger partial charge in [0, 0.05) is 93.2 Å². The van der Waals surface area contributed by atoms with Crippen LogP contribution >= 0.6 is 0 Å². The number of rotatable bonds is 10. The molecule has 4 aliphatic rings. The molecule has 0 unspecified atom stereocenters. The van der Waals surface area contributed by atoms with E-state index in [2.05, 4.69) is 35.4 Å². The minimum atomic E-state index is -0.568. The van der Waals surface area contributed by atoms with Gasteiger partial charge in [-0.25, -0.2) is 14.8 Å². The van der Waals surface area contributed by atoms with Gasteiger partial charge < -0.3 is 35.4 Å². The van der Waals surface area contributed by atoms with Gasteiger partial charge in [0.15, 0.2) is 5.82 Å². The summed E-state index contributed by atoms with van der Waals surface area (Å²) in [6.45, 7) is 8.94. The molecule has 20 nitrogen and oxygen atoms in total. The quantitative estimate of drug-likeness (QED) is 0.142. The highest BCUT2D eigenvalue weighted by Crippen LogP contribution is 2.38. The fraction of sp³-hybridized carbons (Fsp3) is 0.442. The molecular formula is C52H62N12O8. The first-order valence-corrected chi connectivity index (χ1v) is 24.7. The second-order valence-corrected chi connectivity index (χ2v) is 20.0. The maximum absolute atomic E-state index is 13.9. The van der Waals surface area contributed by atoms with Gasteiger partial charge >= 0.3 is 6.03 Å². The van der Waals surface area contributed by atoms with E-state index in [4.69, 9.17) is 20.0 Å². The number of piperazine rings is 1. The summed E-state index contributed by atoms with van der Waals surface area (Å²) in [5.74, 6) is 1.53. The Morgan fingerprint density at radius 3 is 2.47 bits per heavy atom. The number of imidazole rings is 1. The van der Waals surface area contributed by atoms with E-state index in [1.165, 1.54) is 12.0 Å². The molecule has 1 saturated carbocycles. The Hall–Kier alpha value is -7.61. The Kier molecular flexibility index (Phi) is 14.4. The summed E-state index contributed by atoms with van der Waals surface area (Å²) in [6, 6.07) is 13.7. The summed E-state index contributed by atoms with van der Waals surface area (Å²) in [7, 11) is 1.48. The first-order chi connectivity index (χ1) is 34.6. The van der Waals surface area contributed by atoms with Gasteiger partial charge in [0.1, 0.15) is 34.4 Å². The second-order valence-electron chi connectivity index (χ2n) is 20.0. The molecule has 2 saturated heterocycles. The van der Waals surface area contributed by atoms with E-state index in [0.29, 0.717) is 97.7 Å². The third-order valence-electron chi connectivity index (χ3n) is 13.9. The predicted molar refractivity (Wildman–Crippen MR) is 269 cm³/mol. The third-order valence-corrected chi connectivity index (χ3v) is 13.9. The lowest BCUT2D eigenvalue weighted by atomic mass is 9.85. The number of carbonyl (C=O) groups excluding carboxylic acids is 6. The van der Waals surface area contributed by atoms with E-state index in [1.54, 1.807) is 40.3 Å². The lowest BCUT2D eigenvalue weighted by molar-refractivity contribution is -0.136. The fourth-order valence-electron chi connectivity index (χ4n) is 9.95. The number of fused-ring (bicyclic) bond motifs is 3. The SMILES string of the molecule is COc1ccc(C(=O)N2CCN(CCC(=O)N3CC/C=C/c4cnc(N)c5c(-c6ccc(CC(=O)Nc7cc(C(C)(C)C)on7)cc6)nc(n45)[C@@H]4CCC[C@H](C4)NC(=O)C3)CC2)cc1N1CCC(=O)NC1=O. The summed E-state index contributed by atoms with van der Waals surface area (Å²) in [4.78, 5) is 95.5. The highest BCUT2D eigenvalue weighted by atomic mass is 16.5. The number of carbonyl (C=O) groups is 6. The van der Waals surface area contributed by atoms with Crippen molar-refractivity contribution in [2.24, 2.45) is 0 Å². The molecule has 7 amide bonds. The average Bonchev–Trinajstić information content (AvgIpc) is 4.01. The number of nitrogen functional groups attached to an aromatic ring is 1. The van der Waals surface area contributed by atoms with Crippen LogP contribution in [0.2, 0.25) is 0 Å². The van der Waals surface area contributed by atoms with E-state index in [1.807, 2.05) is 57.2 Å². The summed E-state index contributed by atoms with van der Waals surface area (Å²) in [5.41, 5.74) is 11.0. The van der Waals surface area contributed by atoms with Gasteiger partial charge in [0.05, 0.1) is 37.7 Å². The summed E-state index contributed by atoms with van der Waals surface area (Å²) >= 11 is 0. The molecule has 0 spiro atoms. The molecule has 6 heterocycles. The second kappa shape index (κ2) is 21.0. The molecule has 3 aliphatic heterocycles. The lowest BCUT2D eigenvalue weighted by Crippen LogP contribution is -2.50. The van der Waals surface area contributed by atoms with Crippen LogP contribution in [0.5, 0.6) is 5.75 Å². The molecule has 5 N–H and O–H groups in total. The normalized spacial score (nSPS) is 19.6. The number of benzene rings is 2. The lowest BCUT2D eigenvalue weighted by Gasteiger charge is -2.35. The van der Waals surface area contributed by atoms with Crippen molar-refractivity contribution in [1.29, 1.82) is 0 Å². The smallest absolute Gasteiger partial charge is 0.328 e. The molecule has 5 aromatic rings. The molecule has 3 fully saturated rings. The van der Waals surface area contributed by atoms with Gasteiger partial charge in [0.2, 0.25) is 23.6 Å². The topological polar surface area (TPSA) is 243 Å². The Morgan fingerprint density at radius 2 is 1.74 bits per heavy atom. The van der Waals surface area contributed by atoms with E-state index in [-0.39, 0.29) is 79.3 Å². The van der Waals surface area contributed by atoms with Crippen molar-refractivity contribution in [3.63, 3.8) is 0 Å². The molecular weight excluding hydrogens is 921 g/mol. The number of urea groups is 1. The monoisotopic (exact) mass is 982 g/mol. The van der Waals surface area contributed by atoms with Crippen LogP contribution in [-0.4, -0.2) is 135 Å². The van der Waals surface area contributed by atoms with Gasteiger partial charge in [0.25, 0.3) is 5.91 Å². The van der Waals surface area contributed by atoms with Crippen LogP contribution < -0.4 is 31.3 Å². The number of imide groups is 1. The number of nitrogens with one attached hydrogen (secondary N) is 3. The standard InChI is InChI=1S/C52H62N12O8/c1-52(2,3)40-29-41(59-72-40)56-43(66)26-32-11-13-33(14-12-32)46-47-48(53)54-30-37-10-5-6-19-62(31-44(67)55-36-9-7-8-34(27-36)49(58-46)64(37)47)45(68)18-20-60-22-24-61(25-23-60)50(69)35-15-16-39(71-4)38(28-35)63-21-17-42(65)57-51(63)70/h5,10-16,28-30,34,36H,6-9,17-27,31H2,1-4H3,(H2,53,54)(H,55,67)(H,56,59,66)(H,57,65,70)/b10-5+/t34-,36-/m1/s1. The number of amides is 7. The summed E-state index contributed by atoms with van der Waals surface area (Å²) in [5, 5.41) is 12.4. The summed E-state index contributed by atoms with van der Waals surface area (Å²) in [6.07, 6.45) is 9.86. The van der Waals surface area contributed by atoms with Crippen LogP contribution in [-0.2, 0) is 31.0 Å². The van der Waals surface area contributed by atoms with Crippen molar-refractivity contribution >= 4 is 64.5 Å². The number of methoxy groups -OCH3 is 1. The molecule has 9 rings (SSSR count). The molecule has 1 aliphatic carbocycles. The highest BCUT2D eigenvalue weighted by molar-refractivity contribution is 6.07. The van der Waals surface area contributed by atoms with Gasteiger partial charge in [-0.1, -0.05) is 62.7 Å². The van der Waals surface area contributed by atoms with E-state index >= 15 is 0 Å². The Balaban J connectivity index is 0.850. The molecule has 2 atom stereocenters. The number of nitrogens with two attached hydrogens (primary N) is 1. The zero-order valence-electron chi connectivity index (χ0n) is 41.2. The van der Waals surface area contributed by atoms with Crippen molar-refractivity contribution < 1.29 is 38.0 Å². The van der Waals surface area contributed by atoms with E-state index in [9.17, 15) is 28.8 Å². The van der Waals surface area contributed by atoms with Crippen molar-refractivity contribution in [2.45, 2.75) is 89.5 Å². The maximum atomic E-state index is 13.9. The van der Waals surface area contributed by atoms with E-state index in [0.717, 1.165) is 41.9 Å². The van der Waals surface area contributed by atoms with Crippen molar-refractivity contribution in [3.05, 3.63) is 89.2 Å². The largest absolute Gasteiger partial charge is 0.495 e. The van der Waals surface area contributed by atoms with Crippen molar-refractivity contribution in [1.82, 2.24) is 44.9 Å². The van der Waals surface area contributed by atoms with E-state index < -0.39 is 6.03 Å². The first-order valence-electron chi connectivity index (χ1n) is 24.7. The minimum absolute atomic E-state index is 0.00139. The number of nitrogens with zero attached hydrogens (tertiary/aromatic N) is 8. The maximum Gasteiger partial charge on any atom is 0.328 e. The minimum Gasteiger partial charge on any atom is -0.495 e. The first kappa shape index (κ1) is 49.4. The van der Waals surface area contributed by atoms with Gasteiger partial charge in [-0.3, -0.25) is 43.5 Å². The average molecular weight is 983 g/mol.